The van der Waals surface area contributed by atoms with Crippen LogP contribution in [0.25, 0.3) is 0 Å². The quantitative estimate of drug-likeness (QED) is 0.847. The zero-order valence-electron chi connectivity index (χ0n) is 12.1. The lowest BCUT2D eigenvalue weighted by atomic mass is 10.0. The van der Waals surface area contributed by atoms with Gasteiger partial charge < -0.3 is 19.6 Å². The maximum absolute atomic E-state index is 12.4. The fourth-order valence-electron chi connectivity index (χ4n) is 3.14. The zero-order valence-corrected chi connectivity index (χ0v) is 12.1. The van der Waals surface area contributed by atoms with Crippen molar-refractivity contribution in [2.24, 2.45) is 5.92 Å². The molecule has 2 aliphatic heterocycles. The molecule has 0 radical (unpaired) electrons. The third-order valence-electron chi connectivity index (χ3n) is 4.15. The summed E-state index contributed by atoms with van der Waals surface area (Å²) in [7, 11) is 1.80. The van der Waals surface area contributed by atoms with E-state index >= 15 is 0 Å². The van der Waals surface area contributed by atoms with Crippen LogP contribution in [0.5, 0.6) is 0 Å². The van der Waals surface area contributed by atoms with Crippen LogP contribution >= 0.6 is 0 Å². The summed E-state index contributed by atoms with van der Waals surface area (Å²) in [4.78, 5) is 26.7. The maximum Gasteiger partial charge on any atom is 0.320 e. The molecule has 0 spiro atoms. The van der Waals surface area contributed by atoms with E-state index in [0.29, 0.717) is 19.0 Å². The summed E-state index contributed by atoms with van der Waals surface area (Å²) in [5, 5.41) is 8.91. The highest BCUT2D eigenvalue weighted by Crippen LogP contribution is 2.22. The largest absolute Gasteiger partial charge is 0.481 e. The molecule has 0 aromatic rings. The predicted octanol–water partition coefficient (Wildman–Crippen LogP) is 1.40. The Labute approximate surface area is 119 Å². The molecule has 2 fully saturated rings. The molecule has 0 aromatic carbocycles. The molecule has 114 valence electrons. The molecule has 2 aliphatic rings. The lowest BCUT2D eigenvalue weighted by Crippen LogP contribution is -2.46. The normalized spacial score (nSPS) is 26.6. The van der Waals surface area contributed by atoms with E-state index in [1.54, 1.807) is 16.8 Å². The van der Waals surface area contributed by atoms with Crippen molar-refractivity contribution < 1.29 is 19.4 Å². The maximum atomic E-state index is 12.4. The number of hydrogen-bond acceptors (Lipinski definition) is 3. The fraction of sp³-hybridized carbons (Fsp3) is 0.857. The number of amides is 2. The number of carbonyl (C=O) groups excluding carboxylic acids is 1. The fourth-order valence-corrected chi connectivity index (χ4v) is 3.14. The summed E-state index contributed by atoms with van der Waals surface area (Å²) >= 11 is 0. The summed E-state index contributed by atoms with van der Waals surface area (Å²) in [6, 6.07) is -0.190. The third-order valence-corrected chi connectivity index (χ3v) is 4.15. The number of likely N-dealkylation sites (tertiary alicyclic amines) is 1. The SMILES string of the molecule is CN(CC1CCCOC1)C(=O)N1CCCC1CC(=O)O. The van der Waals surface area contributed by atoms with Gasteiger partial charge in [-0.05, 0) is 25.7 Å². The van der Waals surface area contributed by atoms with Gasteiger partial charge in [0.25, 0.3) is 0 Å². The molecule has 2 rings (SSSR count). The van der Waals surface area contributed by atoms with Crippen LogP contribution in [0, 0.1) is 5.92 Å². The van der Waals surface area contributed by atoms with Crippen molar-refractivity contribution in [2.75, 3.05) is 33.4 Å². The highest BCUT2D eigenvalue weighted by molar-refractivity contribution is 5.76. The van der Waals surface area contributed by atoms with Crippen molar-refractivity contribution in [1.29, 1.82) is 0 Å². The predicted molar refractivity (Wildman–Crippen MR) is 73.5 cm³/mol. The van der Waals surface area contributed by atoms with Crippen LogP contribution in [0.15, 0.2) is 0 Å². The number of nitrogens with zero attached hydrogens (tertiary/aromatic N) is 2. The topological polar surface area (TPSA) is 70.1 Å². The van der Waals surface area contributed by atoms with E-state index in [1.807, 2.05) is 0 Å². The average Bonchev–Trinajstić information content (AvgIpc) is 2.86. The number of ether oxygens (including phenoxy) is 1. The van der Waals surface area contributed by atoms with Crippen molar-refractivity contribution >= 4 is 12.0 Å². The standard InChI is InChI=1S/C14H24N2O4/c1-15(9-11-4-3-7-20-10-11)14(19)16-6-2-5-12(16)8-13(17)18/h11-12H,2-10H2,1H3,(H,17,18). The van der Waals surface area contributed by atoms with Crippen molar-refractivity contribution in [3.05, 3.63) is 0 Å². The van der Waals surface area contributed by atoms with Gasteiger partial charge in [-0.25, -0.2) is 4.79 Å². The molecule has 1 N–H and O–H groups in total. The zero-order chi connectivity index (χ0) is 14.5. The van der Waals surface area contributed by atoms with Crippen LogP contribution in [0.3, 0.4) is 0 Å². The van der Waals surface area contributed by atoms with Crippen molar-refractivity contribution in [1.82, 2.24) is 9.80 Å². The summed E-state index contributed by atoms with van der Waals surface area (Å²) in [5.41, 5.74) is 0. The molecule has 6 heteroatoms. The molecule has 20 heavy (non-hydrogen) atoms. The van der Waals surface area contributed by atoms with Gasteiger partial charge in [-0.1, -0.05) is 0 Å². The minimum Gasteiger partial charge on any atom is -0.481 e. The summed E-state index contributed by atoms with van der Waals surface area (Å²) in [5.74, 6) is -0.434. The molecule has 6 nitrogen and oxygen atoms in total. The first kappa shape index (κ1) is 15.1. The van der Waals surface area contributed by atoms with E-state index in [1.165, 1.54) is 0 Å². The first-order valence-electron chi connectivity index (χ1n) is 7.39. The smallest absolute Gasteiger partial charge is 0.320 e. The van der Waals surface area contributed by atoms with Crippen LogP contribution in [0.2, 0.25) is 0 Å². The highest BCUT2D eigenvalue weighted by atomic mass is 16.5. The first-order valence-corrected chi connectivity index (χ1v) is 7.39. The minimum absolute atomic E-state index is 0.0423. The highest BCUT2D eigenvalue weighted by Gasteiger charge is 2.32. The van der Waals surface area contributed by atoms with Gasteiger partial charge in [0.2, 0.25) is 0 Å². The summed E-state index contributed by atoms with van der Waals surface area (Å²) < 4.78 is 5.43. The van der Waals surface area contributed by atoms with Crippen molar-refractivity contribution in [3.8, 4) is 0 Å². The van der Waals surface area contributed by atoms with E-state index in [4.69, 9.17) is 9.84 Å². The monoisotopic (exact) mass is 284 g/mol. The number of rotatable bonds is 4. The molecule has 2 amide bonds. The Balaban J connectivity index is 1.86. The second-order valence-corrected chi connectivity index (χ2v) is 5.83. The van der Waals surface area contributed by atoms with E-state index in [0.717, 1.165) is 38.9 Å². The average molecular weight is 284 g/mol. The van der Waals surface area contributed by atoms with Crippen LogP contribution in [-0.2, 0) is 9.53 Å². The Morgan fingerprint density at radius 1 is 1.35 bits per heavy atom. The van der Waals surface area contributed by atoms with Crippen LogP contribution in [-0.4, -0.2) is 66.3 Å². The van der Waals surface area contributed by atoms with Gasteiger partial charge in [-0.2, -0.15) is 0 Å². The second kappa shape index (κ2) is 6.92. The minimum atomic E-state index is -0.835. The molecule has 2 saturated heterocycles. The Kier molecular flexibility index (Phi) is 5.23. The number of carboxylic acids is 1. The number of hydrogen-bond donors (Lipinski definition) is 1. The van der Waals surface area contributed by atoms with Crippen LogP contribution in [0.4, 0.5) is 4.79 Å². The van der Waals surface area contributed by atoms with E-state index < -0.39 is 5.97 Å². The van der Waals surface area contributed by atoms with Gasteiger partial charge in [0.15, 0.2) is 0 Å². The second-order valence-electron chi connectivity index (χ2n) is 5.83. The Hall–Kier alpha value is -1.30. The Morgan fingerprint density at radius 2 is 2.15 bits per heavy atom. The molecular weight excluding hydrogens is 260 g/mol. The Morgan fingerprint density at radius 3 is 2.80 bits per heavy atom. The molecule has 0 aliphatic carbocycles. The van der Waals surface area contributed by atoms with Gasteiger partial charge in [0.05, 0.1) is 13.0 Å². The number of carboxylic acid groups (broad SMARTS) is 1. The molecule has 2 atom stereocenters. The van der Waals surface area contributed by atoms with Gasteiger partial charge in [0, 0.05) is 38.7 Å². The molecule has 0 saturated carbocycles. The van der Waals surface area contributed by atoms with Crippen LogP contribution < -0.4 is 0 Å². The first-order chi connectivity index (χ1) is 9.58. The van der Waals surface area contributed by atoms with E-state index in [2.05, 4.69) is 0 Å². The molecular formula is C14H24N2O4. The lowest BCUT2D eigenvalue weighted by Gasteiger charge is -2.32. The van der Waals surface area contributed by atoms with Gasteiger partial charge >= 0.3 is 12.0 Å². The number of carbonyl (C=O) groups is 2. The molecule has 2 heterocycles. The van der Waals surface area contributed by atoms with Crippen molar-refractivity contribution in [3.63, 3.8) is 0 Å². The lowest BCUT2D eigenvalue weighted by molar-refractivity contribution is -0.138. The summed E-state index contributed by atoms with van der Waals surface area (Å²) in [6.07, 6.45) is 3.88. The van der Waals surface area contributed by atoms with Crippen molar-refractivity contribution in [2.45, 2.75) is 38.1 Å². The van der Waals surface area contributed by atoms with E-state index in [-0.39, 0.29) is 18.5 Å². The number of aliphatic carboxylic acids is 1. The number of urea groups is 1. The molecule has 0 bridgehead atoms. The third kappa shape index (κ3) is 3.85. The van der Waals surface area contributed by atoms with Crippen LogP contribution in [0.1, 0.15) is 32.1 Å². The van der Waals surface area contributed by atoms with Gasteiger partial charge in [0.1, 0.15) is 0 Å². The Bertz CT molecular complexity index is 355. The van der Waals surface area contributed by atoms with E-state index in [9.17, 15) is 9.59 Å². The summed E-state index contributed by atoms with van der Waals surface area (Å²) in [6.45, 7) is 2.90. The van der Waals surface area contributed by atoms with Gasteiger partial charge in [-0.3, -0.25) is 4.79 Å². The molecule has 0 aromatic heterocycles. The molecule has 2 unspecified atom stereocenters. The van der Waals surface area contributed by atoms with Gasteiger partial charge in [-0.15, -0.1) is 0 Å².